The SMILES string of the molecule is CCOC(=O)N1CCN(C(=O)Cc2c(C)nc3ccccc3c2C)CC1. The summed E-state index contributed by atoms with van der Waals surface area (Å²) in [6.07, 6.45) is 0.0413. The summed E-state index contributed by atoms with van der Waals surface area (Å²) in [7, 11) is 0. The highest BCUT2D eigenvalue weighted by atomic mass is 16.6. The van der Waals surface area contributed by atoms with Crippen LogP contribution in [0.2, 0.25) is 0 Å². The number of nitrogens with zero attached hydrogens (tertiary/aromatic N) is 3. The maximum absolute atomic E-state index is 12.8. The second-order valence-corrected chi connectivity index (χ2v) is 6.56. The van der Waals surface area contributed by atoms with E-state index in [2.05, 4.69) is 11.9 Å². The molecule has 0 atom stereocenters. The van der Waals surface area contributed by atoms with E-state index in [9.17, 15) is 9.59 Å². The highest BCUT2D eigenvalue weighted by Gasteiger charge is 2.25. The van der Waals surface area contributed by atoms with Gasteiger partial charge in [-0.15, -0.1) is 0 Å². The Hall–Kier alpha value is -2.63. The van der Waals surface area contributed by atoms with Gasteiger partial charge in [-0.2, -0.15) is 0 Å². The third-order valence-electron chi connectivity index (χ3n) is 4.97. The van der Waals surface area contributed by atoms with E-state index in [1.54, 1.807) is 11.8 Å². The van der Waals surface area contributed by atoms with Gasteiger partial charge >= 0.3 is 6.09 Å². The van der Waals surface area contributed by atoms with Crippen molar-refractivity contribution in [1.29, 1.82) is 0 Å². The third kappa shape index (κ3) is 3.64. The number of ether oxygens (including phenoxy) is 1. The maximum atomic E-state index is 12.8. The topological polar surface area (TPSA) is 62.7 Å². The minimum atomic E-state index is -0.301. The maximum Gasteiger partial charge on any atom is 0.409 e. The van der Waals surface area contributed by atoms with Gasteiger partial charge in [0, 0.05) is 37.3 Å². The summed E-state index contributed by atoms with van der Waals surface area (Å²) in [6.45, 7) is 8.27. The Morgan fingerprint density at radius 1 is 1.08 bits per heavy atom. The first kappa shape index (κ1) is 18.2. The Kier molecular flexibility index (Phi) is 5.40. The molecule has 1 aliphatic rings. The van der Waals surface area contributed by atoms with Crippen molar-refractivity contribution >= 4 is 22.9 Å². The number of benzene rings is 1. The van der Waals surface area contributed by atoms with Gasteiger partial charge in [-0.1, -0.05) is 18.2 Å². The van der Waals surface area contributed by atoms with Crippen LogP contribution < -0.4 is 0 Å². The van der Waals surface area contributed by atoms with E-state index < -0.39 is 0 Å². The molecule has 6 nitrogen and oxygen atoms in total. The van der Waals surface area contributed by atoms with Crippen molar-refractivity contribution in [2.75, 3.05) is 32.8 Å². The van der Waals surface area contributed by atoms with Crippen LogP contribution in [0, 0.1) is 13.8 Å². The Balaban J connectivity index is 1.69. The fourth-order valence-corrected chi connectivity index (χ4v) is 3.45. The number of fused-ring (bicyclic) bond motifs is 1. The van der Waals surface area contributed by atoms with E-state index in [1.807, 2.05) is 36.1 Å². The quantitative estimate of drug-likeness (QED) is 0.849. The van der Waals surface area contributed by atoms with Crippen LogP contribution in [0.25, 0.3) is 10.9 Å². The zero-order chi connectivity index (χ0) is 18.7. The number of amides is 2. The van der Waals surface area contributed by atoms with Gasteiger partial charge in [0.2, 0.25) is 5.91 Å². The van der Waals surface area contributed by atoms with Crippen LogP contribution in [0.4, 0.5) is 4.79 Å². The normalized spacial score (nSPS) is 14.6. The minimum absolute atomic E-state index is 0.0804. The standard InChI is InChI=1S/C20H25N3O3/c1-4-26-20(25)23-11-9-22(10-12-23)19(24)13-17-14(2)16-7-5-6-8-18(16)21-15(17)3/h5-8H,4,9-13H2,1-3H3. The molecule has 26 heavy (non-hydrogen) atoms. The van der Waals surface area contributed by atoms with Crippen LogP contribution in [-0.4, -0.2) is 59.6 Å². The smallest absolute Gasteiger partial charge is 0.409 e. The number of hydrogen-bond acceptors (Lipinski definition) is 4. The Morgan fingerprint density at radius 3 is 2.42 bits per heavy atom. The number of rotatable bonds is 3. The molecule has 0 bridgehead atoms. The van der Waals surface area contributed by atoms with Crippen molar-refractivity contribution in [2.24, 2.45) is 0 Å². The van der Waals surface area contributed by atoms with Gasteiger partial charge in [0.1, 0.15) is 0 Å². The largest absolute Gasteiger partial charge is 0.450 e. The summed E-state index contributed by atoms with van der Waals surface area (Å²) in [5.41, 5.74) is 3.98. The van der Waals surface area contributed by atoms with Crippen molar-refractivity contribution in [2.45, 2.75) is 27.2 Å². The summed E-state index contributed by atoms with van der Waals surface area (Å²) >= 11 is 0. The van der Waals surface area contributed by atoms with E-state index in [4.69, 9.17) is 4.74 Å². The van der Waals surface area contributed by atoms with Crippen LogP contribution in [0.3, 0.4) is 0 Å². The highest BCUT2D eigenvalue weighted by Crippen LogP contribution is 2.23. The molecule has 2 heterocycles. The molecule has 6 heteroatoms. The Morgan fingerprint density at radius 2 is 1.73 bits per heavy atom. The molecular formula is C20H25N3O3. The van der Waals surface area contributed by atoms with Crippen molar-refractivity contribution in [3.63, 3.8) is 0 Å². The van der Waals surface area contributed by atoms with Gasteiger partial charge in [-0.25, -0.2) is 4.79 Å². The number of pyridine rings is 1. The van der Waals surface area contributed by atoms with Crippen LogP contribution in [0.5, 0.6) is 0 Å². The van der Waals surface area contributed by atoms with Crippen LogP contribution in [0.1, 0.15) is 23.7 Å². The number of para-hydroxylation sites is 1. The van der Waals surface area contributed by atoms with Gasteiger partial charge < -0.3 is 14.5 Å². The lowest BCUT2D eigenvalue weighted by atomic mass is 9.99. The number of hydrogen-bond donors (Lipinski definition) is 0. The van der Waals surface area contributed by atoms with E-state index >= 15 is 0 Å². The molecule has 2 aromatic rings. The van der Waals surface area contributed by atoms with Crippen LogP contribution in [-0.2, 0) is 16.0 Å². The lowest BCUT2D eigenvalue weighted by molar-refractivity contribution is -0.132. The molecule has 0 N–H and O–H groups in total. The number of carbonyl (C=O) groups excluding carboxylic acids is 2. The molecular weight excluding hydrogens is 330 g/mol. The molecule has 138 valence electrons. The first-order valence-electron chi connectivity index (χ1n) is 9.05. The molecule has 1 fully saturated rings. The highest BCUT2D eigenvalue weighted by molar-refractivity contribution is 5.86. The zero-order valence-electron chi connectivity index (χ0n) is 15.6. The predicted octanol–water partition coefficient (Wildman–Crippen LogP) is 2.69. The number of piperazine rings is 1. The van der Waals surface area contributed by atoms with Crippen LogP contribution in [0.15, 0.2) is 24.3 Å². The molecule has 0 unspecified atom stereocenters. The summed E-state index contributed by atoms with van der Waals surface area (Å²) < 4.78 is 5.02. The van der Waals surface area contributed by atoms with Gasteiger partial charge in [-0.3, -0.25) is 9.78 Å². The lowest BCUT2D eigenvalue weighted by Crippen LogP contribution is -2.51. The zero-order valence-corrected chi connectivity index (χ0v) is 15.6. The van der Waals surface area contributed by atoms with Gasteiger partial charge in [0.25, 0.3) is 0 Å². The molecule has 1 aromatic carbocycles. The van der Waals surface area contributed by atoms with Crippen molar-refractivity contribution in [3.05, 3.63) is 41.1 Å². The van der Waals surface area contributed by atoms with Crippen LogP contribution >= 0.6 is 0 Å². The summed E-state index contributed by atoms with van der Waals surface area (Å²) in [5.74, 6) is 0.0804. The van der Waals surface area contributed by atoms with Crippen molar-refractivity contribution < 1.29 is 14.3 Å². The molecule has 3 rings (SSSR count). The number of aryl methyl sites for hydroxylation is 2. The van der Waals surface area contributed by atoms with Crippen molar-refractivity contribution in [3.8, 4) is 0 Å². The molecule has 2 amide bonds. The van der Waals surface area contributed by atoms with E-state index in [0.29, 0.717) is 39.2 Å². The second-order valence-electron chi connectivity index (χ2n) is 6.56. The van der Waals surface area contributed by atoms with Gasteiger partial charge in [0.05, 0.1) is 18.5 Å². The number of aromatic nitrogens is 1. The lowest BCUT2D eigenvalue weighted by Gasteiger charge is -2.34. The molecule has 1 aromatic heterocycles. The van der Waals surface area contributed by atoms with E-state index in [0.717, 1.165) is 27.7 Å². The van der Waals surface area contributed by atoms with Crippen molar-refractivity contribution in [1.82, 2.24) is 14.8 Å². The molecule has 1 saturated heterocycles. The number of carbonyl (C=O) groups is 2. The average molecular weight is 355 g/mol. The molecule has 0 spiro atoms. The first-order valence-corrected chi connectivity index (χ1v) is 9.05. The fraction of sp³-hybridized carbons (Fsp3) is 0.450. The summed E-state index contributed by atoms with van der Waals surface area (Å²) in [4.78, 5) is 32.7. The van der Waals surface area contributed by atoms with Gasteiger partial charge in [-0.05, 0) is 38.0 Å². The van der Waals surface area contributed by atoms with Gasteiger partial charge in [0.15, 0.2) is 0 Å². The van der Waals surface area contributed by atoms with E-state index in [1.165, 1.54) is 0 Å². The summed E-state index contributed by atoms with van der Waals surface area (Å²) in [5, 5.41) is 1.09. The second kappa shape index (κ2) is 7.72. The monoisotopic (exact) mass is 355 g/mol. The fourth-order valence-electron chi connectivity index (χ4n) is 3.45. The average Bonchev–Trinajstić information content (AvgIpc) is 2.65. The third-order valence-corrected chi connectivity index (χ3v) is 4.97. The molecule has 0 radical (unpaired) electrons. The Labute approximate surface area is 153 Å². The molecule has 0 aliphatic carbocycles. The minimum Gasteiger partial charge on any atom is -0.450 e. The Bertz CT molecular complexity index is 826. The first-order chi connectivity index (χ1) is 12.5. The molecule has 1 aliphatic heterocycles. The van der Waals surface area contributed by atoms with E-state index in [-0.39, 0.29) is 12.0 Å². The molecule has 0 saturated carbocycles. The predicted molar refractivity (Wildman–Crippen MR) is 100 cm³/mol. The summed E-state index contributed by atoms with van der Waals surface area (Å²) in [6, 6.07) is 8.01.